The van der Waals surface area contributed by atoms with Gasteiger partial charge in [0, 0.05) is 17.1 Å². The molecule has 0 unspecified atom stereocenters. The lowest BCUT2D eigenvalue weighted by Crippen LogP contribution is -1.87. The van der Waals surface area contributed by atoms with Crippen molar-refractivity contribution < 1.29 is 13.9 Å². The highest BCUT2D eigenvalue weighted by Gasteiger charge is 2.09. The summed E-state index contributed by atoms with van der Waals surface area (Å²) in [5.41, 5.74) is 0.327. The Morgan fingerprint density at radius 1 is 1.29 bits per heavy atom. The first kappa shape index (κ1) is 8.87. The molecule has 72 valence electrons. The number of benzene rings is 1. The van der Waals surface area contributed by atoms with Crippen molar-refractivity contribution in [3.8, 4) is 5.75 Å². The fourth-order valence-corrected chi connectivity index (χ4v) is 1.27. The molecule has 2 aromatic rings. The Morgan fingerprint density at radius 3 is 2.79 bits per heavy atom. The molecule has 0 atom stereocenters. The van der Waals surface area contributed by atoms with E-state index in [-0.39, 0.29) is 11.3 Å². The van der Waals surface area contributed by atoms with Crippen molar-refractivity contribution in [2.75, 3.05) is 0 Å². The molecule has 0 fully saturated rings. The van der Waals surface area contributed by atoms with Crippen LogP contribution in [0, 0.1) is 0 Å². The first-order valence-corrected chi connectivity index (χ1v) is 4.04. The van der Waals surface area contributed by atoms with E-state index in [2.05, 4.69) is 4.98 Å². The third-order valence-corrected chi connectivity index (χ3v) is 1.98. The van der Waals surface area contributed by atoms with E-state index < -0.39 is 6.43 Å². The first-order valence-electron chi connectivity index (χ1n) is 4.04. The smallest absolute Gasteiger partial charge is 0.265 e. The van der Waals surface area contributed by atoms with Gasteiger partial charge in [0.2, 0.25) is 0 Å². The van der Waals surface area contributed by atoms with Crippen LogP contribution >= 0.6 is 0 Å². The van der Waals surface area contributed by atoms with Gasteiger partial charge in [0.25, 0.3) is 6.43 Å². The zero-order chi connectivity index (χ0) is 10.1. The summed E-state index contributed by atoms with van der Waals surface area (Å²) in [4.78, 5) is 3.82. The van der Waals surface area contributed by atoms with Crippen molar-refractivity contribution in [2.45, 2.75) is 6.43 Å². The summed E-state index contributed by atoms with van der Waals surface area (Å²) in [6, 6.07) is 5.97. The first-order chi connectivity index (χ1) is 6.68. The van der Waals surface area contributed by atoms with Crippen LogP contribution in [0.25, 0.3) is 10.9 Å². The van der Waals surface area contributed by atoms with Gasteiger partial charge in [-0.15, -0.1) is 0 Å². The van der Waals surface area contributed by atoms with E-state index in [4.69, 9.17) is 0 Å². The Labute approximate surface area is 78.8 Å². The highest BCUT2D eigenvalue weighted by molar-refractivity contribution is 5.85. The summed E-state index contributed by atoms with van der Waals surface area (Å²) in [5.74, 6) is -0.0301. The number of hydrogen-bond donors (Lipinski definition) is 1. The van der Waals surface area contributed by atoms with Gasteiger partial charge < -0.3 is 5.11 Å². The highest BCUT2D eigenvalue weighted by Crippen LogP contribution is 2.27. The Morgan fingerprint density at radius 2 is 2.07 bits per heavy atom. The van der Waals surface area contributed by atoms with Gasteiger partial charge in [-0.3, -0.25) is 4.98 Å². The lowest BCUT2D eigenvalue weighted by Gasteiger charge is -2.02. The van der Waals surface area contributed by atoms with Gasteiger partial charge >= 0.3 is 0 Å². The van der Waals surface area contributed by atoms with E-state index in [1.165, 1.54) is 12.1 Å². The predicted molar refractivity (Wildman–Crippen MR) is 48.4 cm³/mol. The number of hydrogen-bond acceptors (Lipinski definition) is 2. The molecule has 2 rings (SSSR count). The van der Waals surface area contributed by atoms with Gasteiger partial charge in [-0.1, -0.05) is 6.07 Å². The van der Waals surface area contributed by atoms with Crippen LogP contribution in [0.2, 0.25) is 0 Å². The van der Waals surface area contributed by atoms with Crippen LogP contribution in [-0.4, -0.2) is 10.1 Å². The Balaban J connectivity index is 2.70. The predicted octanol–water partition coefficient (Wildman–Crippen LogP) is 2.88. The second kappa shape index (κ2) is 3.21. The summed E-state index contributed by atoms with van der Waals surface area (Å²) in [6.45, 7) is 0. The number of halogens is 2. The van der Waals surface area contributed by atoms with Crippen molar-refractivity contribution in [2.24, 2.45) is 0 Å². The Kier molecular flexibility index (Phi) is 2.04. The molecule has 2 nitrogen and oxygen atoms in total. The average Bonchev–Trinajstić information content (AvgIpc) is 2.18. The highest BCUT2D eigenvalue weighted by atomic mass is 19.3. The largest absolute Gasteiger partial charge is 0.507 e. The number of alkyl halides is 2. The molecule has 0 aliphatic carbocycles. The van der Waals surface area contributed by atoms with E-state index in [1.807, 2.05) is 0 Å². The standard InChI is InChI=1S/C10H7F2NO/c11-10(12)6-4-7-8(13-5-6)2-1-3-9(7)14/h1-5,10,14H. The fraction of sp³-hybridized carbons (Fsp3) is 0.100. The quantitative estimate of drug-likeness (QED) is 0.758. The minimum Gasteiger partial charge on any atom is -0.507 e. The van der Waals surface area contributed by atoms with Crippen LogP contribution in [0.3, 0.4) is 0 Å². The van der Waals surface area contributed by atoms with Gasteiger partial charge in [-0.2, -0.15) is 0 Å². The third-order valence-electron chi connectivity index (χ3n) is 1.98. The molecule has 1 aromatic carbocycles. The lowest BCUT2D eigenvalue weighted by atomic mass is 10.1. The Bertz CT molecular complexity index is 471. The van der Waals surface area contributed by atoms with Gasteiger partial charge in [-0.05, 0) is 18.2 Å². The molecule has 0 aliphatic heterocycles. The number of aromatic hydroxyl groups is 1. The van der Waals surface area contributed by atoms with Crippen molar-refractivity contribution in [3.63, 3.8) is 0 Å². The summed E-state index contributed by atoms with van der Waals surface area (Å²) in [6.07, 6.45) is -1.45. The second-order valence-corrected chi connectivity index (χ2v) is 2.91. The SMILES string of the molecule is Oc1cccc2ncc(C(F)F)cc12. The molecule has 0 saturated carbocycles. The van der Waals surface area contributed by atoms with E-state index in [9.17, 15) is 13.9 Å². The molecule has 1 aromatic heterocycles. The van der Waals surface area contributed by atoms with Crippen LogP contribution in [0.5, 0.6) is 5.75 Å². The minimum absolute atomic E-state index is 0.0301. The molecule has 0 radical (unpaired) electrons. The monoisotopic (exact) mass is 195 g/mol. The average molecular weight is 195 g/mol. The van der Waals surface area contributed by atoms with Crippen LogP contribution in [0.1, 0.15) is 12.0 Å². The molecule has 0 aliphatic rings. The zero-order valence-electron chi connectivity index (χ0n) is 7.11. The molecule has 4 heteroatoms. The van der Waals surface area contributed by atoms with Crippen LogP contribution < -0.4 is 0 Å². The normalized spacial score (nSPS) is 11.1. The number of phenolic OH excluding ortho intramolecular Hbond substituents is 1. The third kappa shape index (κ3) is 1.39. The van der Waals surface area contributed by atoms with E-state index in [0.29, 0.717) is 10.9 Å². The number of pyridine rings is 1. The number of fused-ring (bicyclic) bond motifs is 1. The van der Waals surface area contributed by atoms with Crippen molar-refractivity contribution in [3.05, 3.63) is 36.0 Å². The number of nitrogens with zero attached hydrogens (tertiary/aromatic N) is 1. The maximum Gasteiger partial charge on any atom is 0.265 e. The maximum absolute atomic E-state index is 12.3. The second-order valence-electron chi connectivity index (χ2n) is 2.91. The summed E-state index contributed by atoms with van der Waals surface area (Å²) in [5, 5.41) is 9.74. The number of rotatable bonds is 1. The van der Waals surface area contributed by atoms with Crippen molar-refractivity contribution in [1.82, 2.24) is 4.98 Å². The van der Waals surface area contributed by atoms with Crippen molar-refractivity contribution in [1.29, 1.82) is 0 Å². The molecule has 0 bridgehead atoms. The fourth-order valence-electron chi connectivity index (χ4n) is 1.27. The Hall–Kier alpha value is -1.71. The molecule has 0 saturated heterocycles. The summed E-state index contributed by atoms with van der Waals surface area (Å²) in [7, 11) is 0. The summed E-state index contributed by atoms with van der Waals surface area (Å²) >= 11 is 0. The molecule has 1 N–H and O–H groups in total. The van der Waals surface area contributed by atoms with Crippen LogP contribution in [0.15, 0.2) is 30.5 Å². The molecule has 0 amide bonds. The minimum atomic E-state index is -2.56. The number of aromatic nitrogens is 1. The molecule has 0 spiro atoms. The van der Waals surface area contributed by atoms with Gasteiger partial charge in [0.15, 0.2) is 0 Å². The van der Waals surface area contributed by atoms with Gasteiger partial charge in [0.05, 0.1) is 5.52 Å². The van der Waals surface area contributed by atoms with E-state index in [1.54, 1.807) is 12.1 Å². The molecular formula is C10H7F2NO. The van der Waals surface area contributed by atoms with Gasteiger partial charge in [-0.25, -0.2) is 8.78 Å². The lowest BCUT2D eigenvalue weighted by molar-refractivity contribution is 0.151. The zero-order valence-corrected chi connectivity index (χ0v) is 7.11. The van der Waals surface area contributed by atoms with Crippen molar-refractivity contribution >= 4 is 10.9 Å². The van der Waals surface area contributed by atoms with Crippen LogP contribution in [-0.2, 0) is 0 Å². The van der Waals surface area contributed by atoms with E-state index in [0.717, 1.165) is 6.20 Å². The topological polar surface area (TPSA) is 33.1 Å². The van der Waals surface area contributed by atoms with Gasteiger partial charge in [0.1, 0.15) is 5.75 Å². The molecular weight excluding hydrogens is 188 g/mol. The van der Waals surface area contributed by atoms with E-state index >= 15 is 0 Å². The van der Waals surface area contributed by atoms with Crippen LogP contribution in [0.4, 0.5) is 8.78 Å². The summed E-state index contributed by atoms with van der Waals surface area (Å²) < 4.78 is 24.6. The molecule has 1 heterocycles. The maximum atomic E-state index is 12.3. The number of phenols is 1. The molecule has 14 heavy (non-hydrogen) atoms.